The summed E-state index contributed by atoms with van der Waals surface area (Å²) in [4.78, 5) is 20.7. The van der Waals surface area contributed by atoms with Crippen LogP contribution in [0.2, 0.25) is 25.7 Å². The average molecular weight is 594 g/mol. The number of β-amino-alcohol motifs (C(OH)–C–C–N with tert-alkyl or cyclic N) is 1. The quantitative estimate of drug-likeness (QED) is 0.214. The zero-order valence-electron chi connectivity index (χ0n) is 25.6. The molecule has 0 aliphatic carbocycles. The van der Waals surface area contributed by atoms with Crippen LogP contribution in [0, 0.1) is 0 Å². The molecule has 1 fully saturated rings. The van der Waals surface area contributed by atoms with Gasteiger partial charge in [0, 0.05) is 78.5 Å². The molecule has 42 heavy (non-hydrogen) atoms. The molecular weight excluding hydrogens is 546 g/mol. The van der Waals surface area contributed by atoms with Crippen molar-refractivity contribution in [2.24, 2.45) is 0 Å². The van der Waals surface area contributed by atoms with Gasteiger partial charge in [-0.05, 0) is 42.5 Å². The van der Waals surface area contributed by atoms with Gasteiger partial charge in [0.15, 0.2) is 11.6 Å². The van der Waals surface area contributed by atoms with E-state index in [0.717, 1.165) is 74.0 Å². The molecule has 228 valence electrons. The zero-order valence-corrected chi connectivity index (χ0v) is 26.6. The Hall–Kier alpha value is -2.99. The molecule has 2 aliphatic rings. The van der Waals surface area contributed by atoms with Gasteiger partial charge in [-0.2, -0.15) is 5.10 Å². The second kappa shape index (κ2) is 13.5. The minimum absolute atomic E-state index is 0.130. The summed E-state index contributed by atoms with van der Waals surface area (Å²) in [6.45, 7) is 14.0. The van der Waals surface area contributed by atoms with Crippen molar-refractivity contribution in [3.63, 3.8) is 0 Å². The first-order valence-electron chi connectivity index (χ1n) is 15.3. The van der Waals surface area contributed by atoms with Gasteiger partial charge < -0.3 is 25.4 Å². The van der Waals surface area contributed by atoms with E-state index in [-0.39, 0.29) is 11.9 Å². The largest absolute Gasteiger partial charge is 0.390 e. The molecule has 10 nitrogen and oxygen atoms in total. The summed E-state index contributed by atoms with van der Waals surface area (Å²) < 4.78 is 7.99. The molecule has 1 atom stereocenters. The van der Waals surface area contributed by atoms with Crippen molar-refractivity contribution in [2.45, 2.75) is 77.3 Å². The first-order chi connectivity index (χ1) is 20.2. The number of fused-ring (bicyclic) bond motifs is 2. The van der Waals surface area contributed by atoms with Crippen molar-refractivity contribution < 1.29 is 14.6 Å². The second-order valence-corrected chi connectivity index (χ2v) is 18.6. The predicted molar refractivity (Wildman–Crippen MR) is 170 cm³/mol. The summed E-state index contributed by atoms with van der Waals surface area (Å²) in [7, 11) is -1.21. The Bertz CT molecular complexity index is 1350. The van der Waals surface area contributed by atoms with Crippen LogP contribution in [0.25, 0.3) is 10.9 Å². The Morgan fingerprint density at radius 3 is 2.62 bits per heavy atom. The standard InChI is InChI=1S/C31H47N7O3Si/c1-23(39)37-15-11-26(12-16-37)34-31-29-28(9-13-32-31)30(35-38(29)22-41-17-18-42(2,3)4)33-19-27(40)21-36-14-10-24-7-5-6-8-25(24)20-36/h5-9,13,26-27,40H,10-12,14-22H2,1-4H3,(H,32,34)(H,33,35)/t27-/m0/s1. The van der Waals surface area contributed by atoms with Gasteiger partial charge in [-0.1, -0.05) is 43.9 Å². The lowest BCUT2D eigenvalue weighted by atomic mass is 10.00. The highest BCUT2D eigenvalue weighted by atomic mass is 28.3. The van der Waals surface area contributed by atoms with Gasteiger partial charge in [-0.15, -0.1) is 0 Å². The molecule has 4 heterocycles. The summed E-state index contributed by atoms with van der Waals surface area (Å²) in [6, 6.07) is 11.9. The van der Waals surface area contributed by atoms with Gasteiger partial charge in [0.2, 0.25) is 5.91 Å². The zero-order chi connectivity index (χ0) is 29.7. The number of carbonyl (C=O) groups is 1. The van der Waals surface area contributed by atoms with Crippen molar-refractivity contribution >= 4 is 36.5 Å². The number of hydrogen-bond acceptors (Lipinski definition) is 8. The molecule has 0 radical (unpaired) electrons. The van der Waals surface area contributed by atoms with E-state index in [4.69, 9.17) is 14.8 Å². The molecule has 3 N–H and O–H groups in total. The SMILES string of the molecule is CC(=O)N1CCC(Nc2nccc3c(NC[C@H](O)CN4CCc5ccccc5C4)nn(COCC[Si](C)(C)C)c23)CC1. The van der Waals surface area contributed by atoms with Crippen LogP contribution in [0.3, 0.4) is 0 Å². The number of pyridine rings is 1. The third kappa shape index (κ3) is 7.88. The molecule has 1 amide bonds. The molecule has 0 bridgehead atoms. The Morgan fingerprint density at radius 2 is 1.88 bits per heavy atom. The summed E-state index contributed by atoms with van der Waals surface area (Å²) in [5.74, 6) is 1.62. The summed E-state index contributed by atoms with van der Waals surface area (Å²) in [6.07, 6.45) is 4.03. The lowest BCUT2D eigenvalue weighted by Crippen LogP contribution is -2.41. The monoisotopic (exact) mass is 593 g/mol. The number of carbonyl (C=O) groups excluding carboxylic acids is 1. The Labute approximate surface area is 250 Å². The van der Waals surface area contributed by atoms with Crippen LogP contribution in [0.4, 0.5) is 11.6 Å². The molecule has 5 rings (SSSR count). The molecule has 0 unspecified atom stereocenters. The normalized spacial score (nSPS) is 17.3. The molecule has 11 heteroatoms. The molecule has 2 aromatic heterocycles. The van der Waals surface area contributed by atoms with Gasteiger partial charge in [0.1, 0.15) is 12.2 Å². The lowest BCUT2D eigenvalue weighted by Gasteiger charge is -2.32. The number of benzene rings is 1. The maximum atomic E-state index is 11.8. The van der Waals surface area contributed by atoms with Gasteiger partial charge in [0.25, 0.3) is 0 Å². The number of anilines is 2. The number of aliphatic hydroxyl groups excluding tert-OH is 1. The van der Waals surface area contributed by atoms with Crippen LogP contribution in [0.1, 0.15) is 30.9 Å². The number of aromatic nitrogens is 3. The Morgan fingerprint density at radius 1 is 1.12 bits per heavy atom. The number of rotatable bonds is 12. The van der Waals surface area contributed by atoms with Crippen molar-refractivity contribution in [2.75, 3.05) is 50.0 Å². The Balaban J connectivity index is 1.27. The molecule has 0 spiro atoms. The van der Waals surface area contributed by atoms with Crippen LogP contribution in [0.5, 0.6) is 0 Å². The van der Waals surface area contributed by atoms with Gasteiger partial charge in [0.05, 0.1) is 6.10 Å². The van der Waals surface area contributed by atoms with Crippen LogP contribution < -0.4 is 10.6 Å². The lowest BCUT2D eigenvalue weighted by molar-refractivity contribution is -0.129. The number of amides is 1. The van der Waals surface area contributed by atoms with Crippen LogP contribution in [-0.4, -0.2) is 95.1 Å². The highest BCUT2D eigenvalue weighted by Gasteiger charge is 2.24. The highest BCUT2D eigenvalue weighted by Crippen LogP contribution is 2.29. The molecular formula is C31H47N7O3Si. The molecule has 1 saturated heterocycles. The fourth-order valence-electron chi connectivity index (χ4n) is 5.81. The minimum atomic E-state index is -1.21. The topological polar surface area (TPSA) is 108 Å². The van der Waals surface area contributed by atoms with E-state index in [2.05, 4.69) is 59.4 Å². The van der Waals surface area contributed by atoms with Crippen molar-refractivity contribution in [1.29, 1.82) is 0 Å². The summed E-state index contributed by atoms with van der Waals surface area (Å²) >= 11 is 0. The number of nitrogens with one attached hydrogen (secondary N) is 2. The fourth-order valence-corrected chi connectivity index (χ4v) is 6.57. The van der Waals surface area contributed by atoms with Crippen molar-refractivity contribution in [3.05, 3.63) is 47.7 Å². The predicted octanol–water partition coefficient (Wildman–Crippen LogP) is 4.00. The smallest absolute Gasteiger partial charge is 0.219 e. The van der Waals surface area contributed by atoms with Crippen LogP contribution in [-0.2, 0) is 29.2 Å². The van der Waals surface area contributed by atoms with Gasteiger partial charge in [-0.3, -0.25) is 9.69 Å². The molecule has 0 saturated carbocycles. The number of hydrogen-bond donors (Lipinski definition) is 3. The fraction of sp³-hybridized carbons (Fsp3) is 0.581. The highest BCUT2D eigenvalue weighted by molar-refractivity contribution is 6.76. The van der Waals surface area contributed by atoms with E-state index in [1.807, 2.05) is 15.6 Å². The minimum Gasteiger partial charge on any atom is -0.390 e. The Kier molecular flexibility index (Phi) is 9.82. The van der Waals surface area contributed by atoms with E-state index < -0.39 is 14.2 Å². The molecule has 1 aromatic carbocycles. The number of aliphatic hydroxyl groups is 1. The first-order valence-corrected chi connectivity index (χ1v) is 19.0. The van der Waals surface area contributed by atoms with E-state index in [1.165, 1.54) is 11.1 Å². The van der Waals surface area contributed by atoms with Gasteiger partial charge in [-0.25, -0.2) is 9.67 Å². The van der Waals surface area contributed by atoms with Crippen LogP contribution >= 0.6 is 0 Å². The first kappa shape index (κ1) is 30.5. The maximum absolute atomic E-state index is 11.8. The maximum Gasteiger partial charge on any atom is 0.219 e. The van der Waals surface area contributed by atoms with E-state index >= 15 is 0 Å². The third-order valence-corrected chi connectivity index (χ3v) is 10.0. The molecule has 3 aromatic rings. The molecule has 2 aliphatic heterocycles. The van der Waals surface area contributed by atoms with E-state index in [9.17, 15) is 9.90 Å². The number of ether oxygens (including phenoxy) is 1. The van der Waals surface area contributed by atoms with Gasteiger partial charge >= 0.3 is 0 Å². The number of piperidine rings is 1. The van der Waals surface area contributed by atoms with Crippen molar-refractivity contribution in [3.8, 4) is 0 Å². The third-order valence-electron chi connectivity index (χ3n) is 8.33. The number of nitrogens with zero attached hydrogens (tertiary/aromatic N) is 5. The van der Waals surface area contributed by atoms with Crippen LogP contribution in [0.15, 0.2) is 36.5 Å². The number of likely N-dealkylation sites (tertiary alicyclic amines) is 1. The van der Waals surface area contributed by atoms with E-state index in [0.29, 0.717) is 26.4 Å². The summed E-state index contributed by atoms with van der Waals surface area (Å²) in [5, 5.41) is 23.9. The van der Waals surface area contributed by atoms with E-state index in [1.54, 1.807) is 13.1 Å². The average Bonchev–Trinajstić information content (AvgIpc) is 3.32. The van der Waals surface area contributed by atoms with Crippen molar-refractivity contribution in [1.82, 2.24) is 24.6 Å². The summed E-state index contributed by atoms with van der Waals surface area (Å²) in [5.41, 5.74) is 3.65. The second-order valence-electron chi connectivity index (χ2n) is 13.0.